The Morgan fingerprint density at radius 1 is 1.10 bits per heavy atom. The maximum absolute atomic E-state index is 12.6. The lowest BCUT2D eigenvalue weighted by atomic mass is 10.1. The third-order valence-electron chi connectivity index (χ3n) is 3.11. The second-order valence-electron chi connectivity index (χ2n) is 4.52. The van der Waals surface area contributed by atoms with Crippen molar-refractivity contribution in [3.8, 4) is 11.5 Å². The van der Waals surface area contributed by atoms with Crippen molar-refractivity contribution in [1.82, 2.24) is 9.88 Å². The van der Waals surface area contributed by atoms with Crippen molar-refractivity contribution in [3.63, 3.8) is 0 Å². The Morgan fingerprint density at radius 2 is 1.76 bits per heavy atom. The highest BCUT2D eigenvalue weighted by molar-refractivity contribution is 5.99. The van der Waals surface area contributed by atoms with Crippen molar-refractivity contribution in [2.24, 2.45) is 0 Å². The van der Waals surface area contributed by atoms with Crippen LogP contribution in [0.2, 0.25) is 0 Å². The monoisotopic (exact) mass is 286 g/mol. The van der Waals surface area contributed by atoms with Gasteiger partial charge in [0, 0.05) is 13.2 Å². The summed E-state index contributed by atoms with van der Waals surface area (Å²) in [6.45, 7) is 0.418. The van der Waals surface area contributed by atoms with Crippen LogP contribution in [0.25, 0.3) is 0 Å². The summed E-state index contributed by atoms with van der Waals surface area (Å²) in [7, 11) is 4.79. The number of rotatable bonds is 5. The van der Waals surface area contributed by atoms with Crippen LogP contribution >= 0.6 is 0 Å². The van der Waals surface area contributed by atoms with Crippen LogP contribution in [-0.4, -0.2) is 37.1 Å². The van der Waals surface area contributed by atoms with Gasteiger partial charge in [0.1, 0.15) is 17.1 Å². The molecule has 0 radical (unpaired) electrons. The molecule has 0 saturated carbocycles. The van der Waals surface area contributed by atoms with Crippen molar-refractivity contribution in [2.75, 3.05) is 21.3 Å². The van der Waals surface area contributed by atoms with Crippen molar-refractivity contribution < 1.29 is 14.3 Å². The number of hydrogen-bond donors (Lipinski definition) is 0. The lowest BCUT2D eigenvalue weighted by Gasteiger charge is -2.20. The van der Waals surface area contributed by atoms with Crippen LogP contribution in [0.15, 0.2) is 42.6 Å². The number of ether oxygens (including phenoxy) is 2. The first kappa shape index (κ1) is 14.8. The van der Waals surface area contributed by atoms with Crippen LogP contribution in [0.1, 0.15) is 16.1 Å². The van der Waals surface area contributed by atoms with E-state index in [1.165, 1.54) is 14.2 Å². The largest absolute Gasteiger partial charge is 0.496 e. The fourth-order valence-corrected chi connectivity index (χ4v) is 2.06. The van der Waals surface area contributed by atoms with E-state index in [1.807, 2.05) is 18.2 Å². The minimum atomic E-state index is -0.171. The van der Waals surface area contributed by atoms with Gasteiger partial charge in [0.05, 0.1) is 26.5 Å². The van der Waals surface area contributed by atoms with Gasteiger partial charge in [-0.1, -0.05) is 12.1 Å². The first-order valence-corrected chi connectivity index (χ1v) is 6.53. The van der Waals surface area contributed by atoms with Crippen LogP contribution in [0.3, 0.4) is 0 Å². The zero-order valence-electron chi connectivity index (χ0n) is 12.4. The molecule has 0 aliphatic rings. The van der Waals surface area contributed by atoms with E-state index in [9.17, 15) is 4.79 Å². The first-order chi connectivity index (χ1) is 10.2. The third-order valence-corrected chi connectivity index (χ3v) is 3.11. The molecule has 0 aliphatic heterocycles. The fourth-order valence-electron chi connectivity index (χ4n) is 2.06. The van der Waals surface area contributed by atoms with E-state index < -0.39 is 0 Å². The predicted octanol–water partition coefficient (Wildman–Crippen LogP) is 2.37. The molecule has 1 aromatic heterocycles. The van der Waals surface area contributed by atoms with Crippen LogP contribution in [0.5, 0.6) is 11.5 Å². The van der Waals surface area contributed by atoms with Gasteiger partial charge in [-0.25, -0.2) is 0 Å². The highest BCUT2D eigenvalue weighted by atomic mass is 16.5. The van der Waals surface area contributed by atoms with Gasteiger partial charge in [0.25, 0.3) is 5.91 Å². The van der Waals surface area contributed by atoms with E-state index in [4.69, 9.17) is 9.47 Å². The molecular weight excluding hydrogens is 268 g/mol. The Balaban J connectivity index is 2.27. The summed E-state index contributed by atoms with van der Waals surface area (Å²) in [5.74, 6) is 0.814. The molecule has 1 aromatic carbocycles. The number of aromatic nitrogens is 1. The summed E-state index contributed by atoms with van der Waals surface area (Å²) in [4.78, 5) is 18.5. The number of methoxy groups -OCH3 is 2. The van der Waals surface area contributed by atoms with E-state index in [0.29, 0.717) is 23.6 Å². The first-order valence-electron chi connectivity index (χ1n) is 6.53. The second kappa shape index (κ2) is 6.74. The molecule has 0 N–H and O–H groups in total. The molecule has 1 amide bonds. The average molecular weight is 286 g/mol. The lowest BCUT2D eigenvalue weighted by Crippen LogP contribution is -2.27. The summed E-state index contributed by atoms with van der Waals surface area (Å²) < 4.78 is 10.5. The number of benzene rings is 1. The molecule has 2 aromatic rings. The van der Waals surface area contributed by atoms with Gasteiger partial charge in [-0.05, 0) is 24.3 Å². The number of amides is 1. The third kappa shape index (κ3) is 3.31. The van der Waals surface area contributed by atoms with E-state index in [2.05, 4.69) is 4.98 Å². The molecule has 5 heteroatoms. The minimum absolute atomic E-state index is 0.171. The lowest BCUT2D eigenvalue weighted by molar-refractivity contribution is 0.0776. The number of pyridine rings is 1. The number of carbonyl (C=O) groups excluding carboxylic acids is 1. The Morgan fingerprint density at radius 3 is 2.29 bits per heavy atom. The van der Waals surface area contributed by atoms with Crippen LogP contribution in [0, 0.1) is 0 Å². The predicted molar refractivity (Wildman–Crippen MR) is 79.6 cm³/mol. The Bertz CT molecular complexity index is 592. The van der Waals surface area contributed by atoms with E-state index >= 15 is 0 Å². The summed E-state index contributed by atoms with van der Waals surface area (Å²) in [5, 5.41) is 0. The average Bonchev–Trinajstić information content (AvgIpc) is 2.54. The summed E-state index contributed by atoms with van der Waals surface area (Å²) in [5.41, 5.74) is 1.24. The topological polar surface area (TPSA) is 51.7 Å². The van der Waals surface area contributed by atoms with Gasteiger partial charge in [-0.2, -0.15) is 0 Å². The molecule has 1 heterocycles. The standard InChI is InChI=1S/C16H18N2O3/c1-18(11-12-7-4-5-10-17-12)16(19)15-13(20-2)8-6-9-14(15)21-3/h4-10H,11H2,1-3H3. The van der Waals surface area contributed by atoms with Crippen LogP contribution in [0.4, 0.5) is 0 Å². The molecule has 2 rings (SSSR count). The van der Waals surface area contributed by atoms with Crippen LogP contribution in [-0.2, 0) is 6.54 Å². The number of nitrogens with zero attached hydrogens (tertiary/aromatic N) is 2. The molecule has 21 heavy (non-hydrogen) atoms. The zero-order chi connectivity index (χ0) is 15.2. The molecule has 110 valence electrons. The molecule has 0 aliphatic carbocycles. The van der Waals surface area contributed by atoms with Crippen molar-refractivity contribution in [1.29, 1.82) is 0 Å². The quantitative estimate of drug-likeness (QED) is 0.846. The highest BCUT2D eigenvalue weighted by Gasteiger charge is 2.21. The molecule has 0 spiro atoms. The van der Waals surface area contributed by atoms with Gasteiger partial charge in [0.15, 0.2) is 0 Å². The summed E-state index contributed by atoms with van der Waals surface area (Å²) >= 11 is 0. The number of hydrogen-bond acceptors (Lipinski definition) is 4. The SMILES string of the molecule is COc1cccc(OC)c1C(=O)N(C)Cc1ccccn1. The Kier molecular flexibility index (Phi) is 4.77. The smallest absolute Gasteiger partial charge is 0.261 e. The minimum Gasteiger partial charge on any atom is -0.496 e. The van der Waals surface area contributed by atoms with E-state index in [0.717, 1.165) is 5.69 Å². The van der Waals surface area contributed by atoms with Gasteiger partial charge in [-0.3, -0.25) is 9.78 Å². The molecule has 0 fully saturated rings. The van der Waals surface area contributed by atoms with Gasteiger partial charge in [-0.15, -0.1) is 0 Å². The zero-order valence-corrected chi connectivity index (χ0v) is 12.4. The van der Waals surface area contributed by atoms with Gasteiger partial charge in [0.2, 0.25) is 0 Å². The maximum atomic E-state index is 12.6. The Hall–Kier alpha value is -2.56. The summed E-state index contributed by atoms with van der Waals surface area (Å²) in [6, 6.07) is 10.9. The molecule has 0 unspecified atom stereocenters. The van der Waals surface area contributed by atoms with E-state index in [-0.39, 0.29) is 5.91 Å². The normalized spacial score (nSPS) is 10.0. The second-order valence-corrected chi connectivity index (χ2v) is 4.52. The number of carbonyl (C=O) groups is 1. The molecule has 0 atom stereocenters. The van der Waals surface area contributed by atoms with Crippen molar-refractivity contribution in [2.45, 2.75) is 6.54 Å². The highest BCUT2D eigenvalue weighted by Crippen LogP contribution is 2.29. The van der Waals surface area contributed by atoms with Crippen LogP contribution < -0.4 is 9.47 Å². The maximum Gasteiger partial charge on any atom is 0.261 e. The Labute approximate surface area is 124 Å². The van der Waals surface area contributed by atoms with E-state index in [1.54, 1.807) is 36.3 Å². The summed E-state index contributed by atoms with van der Waals surface area (Å²) in [6.07, 6.45) is 1.71. The van der Waals surface area contributed by atoms with Crippen molar-refractivity contribution in [3.05, 3.63) is 53.9 Å². The molecule has 5 nitrogen and oxygen atoms in total. The van der Waals surface area contributed by atoms with Crippen molar-refractivity contribution >= 4 is 5.91 Å². The van der Waals surface area contributed by atoms with Gasteiger partial charge >= 0.3 is 0 Å². The molecular formula is C16H18N2O3. The van der Waals surface area contributed by atoms with Gasteiger partial charge < -0.3 is 14.4 Å². The molecule has 0 bridgehead atoms. The fraction of sp³-hybridized carbons (Fsp3) is 0.250. The molecule has 0 saturated heterocycles.